The zero-order chi connectivity index (χ0) is 25.2. The summed E-state index contributed by atoms with van der Waals surface area (Å²) in [6.07, 6.45) is 1.51. The first-order chi connectivity index (χ1) is 16.6. The van der Waals surface area contributed by atoms with E-state index in [1.165, 1.54) is 4.90 Å². The molecule has 0 spiro atoms. The number of halogens is 3. The molecule has 1 amide bonds. The first-order valence-electron chi connectivity index (χ1n) is 11.1. The highest BCUT2D eigenvalue weighted by Gasteiger charge is 2.35. The van der Waals surface area contributed by atoms with Crippen molar-refractivity contribution in [3.8, 4) is 5.75 Å². The lowest BCUT2D eigenvalue weighted by Crippen LogP contribution is -2.36. The lowest BCUT2D eigenvalue weighted by molar-refractivity contribution is -0.144. The van der Waals surface area contributed by atoms with E-state index in [0.29, 0.717) is 27.1 Å². The van der Waals surface area contributed by atoms with Gasteiger partial charge in [0.15, 0.2) is 0 Å². The highest BCUT2D eigenvalue weighted by atomic mass is 35.5. The minimum absolute atomic E-state index is 0.0791. The minimum Gasteiger partial charge on any atom is -0.487 e. The molecule has 0 saturated heterocycles. The summed E-state index contributed by atoms with van der Waals surface area (Å²) < 4.78 is 6.26. The molecule has 0 bridgehead atoms. The summed E-state index contributed by atoms with van der Waals surface area (Å²) in [7, 11) is 0. The Kier molecular flexibility index (Phi) is 7.60. The second-order valence-corrected chi connectivity index (χ2v) is 10.3. The van der Waals surface area contributed by atoms with Crippen molar-refractivity contribution in [1.29, 1.82) is 0 Å². The highest BCUT2D eigenvalue weighted by Crippen LogP contribution is 2.37. The second-order valence-electron chi connectivity index (χ2n) is 9.04. The zero-order valence-corrected chi connectivity index (χ0v) is 21.3. The average molecular weight is 533 g/mol. The molecule has 1 aliphatic rings. The van der Waals surface area contributed by atoms with Crippen molar-refractivity contribution >= 4 is 46.7 Å². The van der Waals surface area contributed by atoms with Crippen molar-refractivity contribution < 1.29 is 19.4 Å². The van der Waals surface area contributed by atoms with Gasteiger partial charge in [0.1, 0.15) is 17.9 Å². The van der Waals surface area contributed by atoms with Crippen LogP contribution >= 0.6 is 34.8 Å². The number of nitrogens with zero attached hydrogens (tertiary/aromatic N) is 1. The van der Waals surface area contributed by atoms with Crippen molar-refractivity contribution in [1.82, 2.24) is 4.90 Å². The molecule has 1 N–H and O–H groups in total. The van der Waals surface area contributed by atoms with E-state index in [-0.39, 0.29) is 18.9 Å². The minimum atomic E-state index is -1.08. The van der Waals surface area contributed by atoms with Crippen LogP contribution in [0.2, 0.25) is 15.1 Å². The normalized spacial score (nSPS) is 16.5. The fraction of sp³-hybridized carbons (Fsp3) is 0.259. The first kappa shape index (κ1) is 25.4. The Morgan fingerprint density at radius 3 is 2.31 bits per heavy atom. The van der Waals surface area contributed by atoms with Crippen molar-refractivity contribution in [3.63, 3.8) is 0 Å². The molecular formula is C27H24Cl3NO4. The SMILES string of the molecule is CC1(Cc2ccc(Cl)cc2)Cc2cc(CC(=O)N(CC(=O)O)Cc3ccc(Cl)c(Cl)c3)ccc2O1. The van der Waals surface area contributed by atoms with Crippen LogP contribution in [0.5, 0.6) is 5.75 Å². The molecule has 0 radical (unpaired) electrons. The van der Waals surface area contributed by atoms with E-state index in [9.17, 15) is 14.7 Å². The van der Waals surface area contributed by atoms with Gasteiger partial charge in [-0.2, -0.15) is 0 Å². The molecule has 35 heavy (non-hydrogen) atoms. The van der Waals surface area contributed by atoms with Gasteiger partial charge in [-0.15, -0.1) is 0 Å². The standard InChI is InChI=1S/C27H24Cl3NO4/c1-27(13-17-2-6-21(28)7-3-17)14-20-10-18(5-9-24(20)35-27)12-25(32)31(16-26(33)34)15-19-4-8-22(29)23(30)11-19/h2-11H,12-16H2,1H3,(H,33,34). The maximum Gasteiger partial charge on any atom is 0.323 e. The summed E-state index contributed by atoms with van der Waals surface area (Å²) in [5.41, 5.74) is 3.27. The van der Waals surface area contributed by atoms with Crippen LogP contribution in [-0.2, 0) is 35.4 Å². The number of carboxylic acid groups (broad SMARTS) is 1. The van der Waals surface area contributed by atoms with Crippen LogP contribution < -0.4 is 4.74 Å². The largest absolute Gasteiger partial charge is 0.487 e. The predicted octanol–water partition coefficient (Wildman–Crippen LogP) is 6.24. The number of benzene rings is 3. The zero-order valence-electron chi connectivity index (χ0n) is 19.1. The molecule has 0 fully saturated rings. The van der Waals surface area contributed by atoms with Gasteiger partial charge in [-0.3, -0.25) is 9.59 Å². The molecule has 8 heteroatoms. The molecule has 1 unspecified atom stereocenters. The van der Waals surface area contributed by atoms with E-state index >= 15 is 0 Å². The van der Waals surface area contributed by atoms with Gasteiger partial charge in [0.2, 0.25) is 5.91 Å². The Balaban J connectivity index is 1.45. The number of carbonyl (C=O) groups excluding carboxylic acids is 1. The van der Waals surface area contributed by atoms with Crippen LogP contribution in [0.4, 0.5) is 0 Å². The number of aliphatic carboxylic acids is 1. The van der Waals surface area contributed by atoms with Gasteiger partial charge in [-0.25, -0.2) is 0 Å². The molecule has 1 aliphatic heterocycles. The van der Waals surface area contributed by atoms with Gasteiger partial charge in [0.05, 0.1) is 16.5 Å². The van der Waals surface area contributed by atoms with E-state index in [4.69, 9.17) is 39.5 Å². The Morgan fingerprint density at radius 2 is 1.63 bits per heavy atom. The van der Waals surface area contributed by atoms with Crippen LogP contribution in [0.25, 0.3) is 0 Å². The van der Waals surface area contributed by atoms with Gasteiger partial charge < -0.3 is 14.7 Å². The summed E-state index contributed by atoms with van der Waals surface area (Å²) >= 11 is 18.0. The number of ether oxygens (including phenoxy) is 1. The summed E-state index contributed by atoms with van der Waals surface area (Å²) in [6.45, 7) is 1.78. The van der Waals surface area contributed by atoms with Gasteiger partial charge in [-0.05, 0) is 59.5 Å². The summed E-state index contributed by atoms with van der Waals surface area (Å²) in [5, 5.41) is 10.8. The molecule has 3 aromatic rings. The smallest absolute Gasteiger partial charge is 0.323 e. The molecule has 0 saturated carbocycles. The first-order valence-corrected chi connectivity index (χ1v) is 12.2. The third-order valence-electron chi connectivity index (χ3n) is 5.93. The number of fused-ring (bicyclic) bond motifs is 1. The van der Waals surface area contributed by atoms with Gasteiger partial charge in [0, 0.05) is 24.4 Å². The third kappa shape index (κ3) is 6.49. The molecule has 1 atom stereocenters. The molecule has 4 rings (SSSR count). The maximum atomic E-state index is 13.1. The quantitative estimate of drug-likeness (QED) is 0.373. The van der Waals surface area contributed by atoms with E-state index in [1.807, 2.05) is 42.5 Å². The Labute approximate surface area is 219 Å². The maximum absolute atomic E-state index is 13.1. The highest BCUT2D eigenvalue weighted by molar-refractivity contribution is 6.42. The molecule has 5 nitrogen and oxygen atoms in total. The molecular weight excluding hydrogens is 509 g/mol. The number of amides is 1. The average Bonchev–Trinajstić information content (AvgIpc) is 3.12. The van der Waals surface area contributed by atoms with Crippen LogP contribution in [0.3, 0.4) is 0 Å². The lowest BCUT2D eigenvalue weighted by Gasteiger charge is -2.24. The number of hydrogen-bond donors (Lipinski definition) is 1. The van der Waals surface area contributed by atoms with E-state index < -0.39 is 18.1 Å². The number of carbonyl (C=O) groups is 2. The van der Waals surface area contributed by atoms with Gasteiger partial charge in [0.25, 0.3) is 0 Å². The van der Waals surface area contributed by atoms with Crippen molar-refractivity contribution in [2.45, 2.75) is 38.3 Å². The number of hydrogen-bond acceptors (Lipinski definition) is 3. The van der Waals surface area contributed by atoms with Crippen molar-refractivity contribution in [2.75, 3.05) is 6.54 Å². The summed E-state index contributed by atoms with van der Waals surface area (Å²) in [5.74, 6) is -0.573. The molecule has 0 aromatic heterocycles. The van der Waals surface area contributed by atoms with E-state index in [2.05, 4.69) is 6.92 Å². The van der Waals surface area contributed by atoms with Crippen LogP contribution in [0, 0.1) is 0 Å². The van der Waals surface area contributed by atoms with Crippen LogP contribution in [-0.4, -0.2) is 34.0 Å². The third-order valence-corrected chi connectivity index (χ3v) is 6.92. The fourth-order valence-electron chi connectivity index (χ4n) is 4.36. The second kappa shape index (κ2) is 10.5. The topological polar surface area (TPSA) is 66.8 Å². The Hall–Kier alpha value is -2.73. The lowest BCUT2D eigenvalue weighted by atomic mass is 9.91. The molecule has 3 aromatic carbocycles. The summed E-state index contributed by atoms with van der Waals surface area (Å²) in [6, 6.07) is 18.4. The Morgan fingerprint density at radius 1 is 0.943 bits per heavy atom. The molecule has 1 heterocycles. The van der Waals surface area contributed by atoms with Gasteiger partial charge >= 0.3 is 5.97 Å². The molecule has 0 aliphatic carbocycles. The number of carboxylic acids is 1. The Bertz CT molecular complexity index is 1260. The van der Waals surface area contributed by atoms with Crippen molar-refractivity contribution in [3.05, 3.63) is 98.0 Å². The molecule has 182 valence electrons. The number of rotatable bonds is 8. The van der Waals surface area contributed by atoms with Gasteiger partial charge in [-0.1, -0.05) is 65.1 Å². The monoisotopic (exact) mass is 531 g/mol. The van der Waals surface area contributed by atoms with E-state index in [0.717, 1.165) is 28.9 Å². The van der Waals surface area contributed by atoms with Crippen LogP contribution in [0.1, 0.15) is 29.2 Å². The predicted molar refractivity (Wildman–Crippen MR) is 138 cm³/mol. The summed E-state index contributed by atoms with van der Waals surface area (Å²) in [4.78, 5) is 25.8. The fourth-order valence-corrected chi connectivity index (χ4v) is 4.80. The van der Waals surface area contributed by atoms with Crippen molar-refractivity contribution in [2.24, 2.45) is 0 Å². The van der Waals surface area contributed by atoms with E-state index in [1.54, 1.807) is 18.2 Å². The van der Waals surface area contributed by atoms with Crippen LogP contribution in [0.15, 0.2) is 60.7 Å².